The van der Waals surface area contributed by atoms with Gasteiger partial charge in [-0.1, -0.05) is 24.3 Å². The quantitative estimate of drug-likeness (QED) is 0.187. The first-order valence-electron chi connectivity index (χ1n) is 9.23. The highest BCUT2D eigenvalue weighted by atomic mass is 127. The largest absolute Gasteiger partial charge is 0.743 e. The zero-order valence-corrected chi connectivity index (χ0v) is 23.7. The van der Waals surface area contributed by atoms with Gasteiger partial charge in [0.25, 0.3) is 0 Å². The van der Waals surface area contributed by atoms with Crippen LogP contribution in [0.5, 0.6) is 5.75 Å². The van der Waals surface area contributed by atoms with E-state index in [4.69, 9.17) is 4.74 Å². The summed E-state index contributed by atoms with van der Waals surface area (Å²) >= 11 is 6.15. The van der Waals surface area contributed by atoms with Gasteiger partial charge in [0.05, 0.1) is 19.0 Å². The summed E-state index contributed by atoms with van der Waals surface area (Å²) in [6, 6.07) is 10.6. The third-order valence-corrected chi connectivity index (χ3v) is 8.08. The van der Waals surface area contributed by atoms with Crippen molar-refractivity contribution in [1.29, 1.82) is 0 Å². The van der Waals surface area contributed by atoms with Crippen LogP contribution in [-0.4, -0.2) is 36.8 Å². The average molecular weight is 817 g/mol. The van der Waals surface area contributed by atoms with E-state index in [0.29, 0.717) is 12.9 Å². The summed E-state index contributed by atoms with van der Waals surface area (Å²) in [4.78, 5) is 25.8. The number of carbonyl (C=O) groups excluding carboxylic acids is 2. The highest BCUT2D eigenvalue weighted by Gasteiger charge is 2.44. The van der Waals surface area contributed by atoms with Crippen molar-refractivity contribution >= 4 is 89.8 Å². The van der Waals surface area contributed by atoms with Crippen LogP contribution in [0.3, 0.4) is 0 Å². The van der Waals surface area contributed by atoms with Gasteiger partial charge in [0.15, 0.2) is 22.5 Å². The van der Waals surface area contributed by atoms with Crippen LogP contribution in [-0.2, 0) is 37.3 Å². The molecule has 0 fully saturated rings. The van der Waals surface area contributed by atoms with Crippen molar-refractivity contribution in [1.82, 2.24) is 0 Å². The molecule has 0 bridgehead atoms. The number of rotatable bonds is 6. The molecule has 0 aromatic heterocycles. The van der Waals surface area contributed by atoms with Gasteiger partial charge in [0, 0.05) is 3.57 Å². The van der Waals surface area contributed by atoms with E-state index in [1.54, 1.807) is 36.4 Å². The van der Waals surface area contributed by atoms with E-state index in [2.05, 4.69) is 27.3 Å². The zero-order valence-electron chi connectivity index (χ0n) is 16.4. The summed E-state index contributed by atoms with van der Waals surface area (Å²) in [6.45, 7) is -1.93. The SMILES string of the molecule is O=C(OCC(F)(F)S(=O)(=O)[O-])C1Cc2ccccc2CC1C(=O)Oc1c(I)cc(I)cc1I. The summed E-state index contributed by atoms with van der Waals surface area (Å²) in [5, 5.41) is -4.78. The first-order valence-corrected chi connectivity index (χ1v) is 13.9. The summed E-state index contributed by atoms with van der Waals surface area (Å²) in [7, 11) is -6.02. The minimum atomic E-state index is -6.02. The van der Waals surface area contributed by atoms with Gasteiger partial charge in [0.1, 0.15) is 0 Å². The van der Waals surface area contributed by atoms with Crippen LogP contribution in [0, 0.1) is 22.5 Å². The number of fused-ring (bicyclic) bond motifs is 1. The van der Waals surface area contributed by atoms with Crippen molar-refractivity contribution < 1.29 is 40.8 Å². The molecular formula is C20H14F2I3O7S-. The molecule has 0 saturated carbocycles. The minimum absolute atomic E-state index is 0.00530. The average Bonchev–Trinajstić information content (AvgIpc) is 2.72. The summed E-state index contributed by atoms with van der Waals surface area (Å²) in [5.41, 5.74) is 1.52. The van der Waals surface area contributed by atoms with Crippen molar-refractivity contribution in [3.8, 4) is 5.75 Å². The predicted octanol–water partition coefficient (Wildman–Crippen LogP) is 4.12. The van der Waals surface area contributed by atoms with Crippen LogP contribution in [0.15, 0.2) is 36.4 Å². The van der Waals surface area contributed by atoms with Crippen LogP contribution in [0.25, 0.3) is 0 Å². The van der Waals surface area contributed by atoms with Gasteiger partial charge in [-0.25, -0.2) is 8.42 Å². The lowest BCUT2D eigenvalue weighted by Gasteiger charge is -2.31. The van der Waals surface area contributed by atoms with Crippen LogP contribution >= 0.6 is 67.8 Å². The lowest BCUT2D eigenvalue weighted by molar-refractivity contribution is -0.161. The molecule has 0 spiro atoms. The topological polar surface area (TPSA) is 110 Å². The molecule has 1 aliphatic rings. The van der Waals surface area contributed by atoms with Crippen LogP contribution < -0.4 is 4.74 Å². The maximum absolute atomic E-state index is 13.5. The number of esters is 2. The molecule has 2 aromatic carbocycles. The maximum atomic E-state index is 13.5. The summed E-state index contributed by atoms with van der Waals surface area (Å²) in [6.07, 6.45) is 0.105. The van der Waals surface area contributed by atoms with E-state index >= 15 is 0 Å². The van der Waals surface area contributed by atoms with E-state index in [0.717, 1.165) is 14.7 Å². The minimum Gasteiger partial charge on any atom is -0.743 e. The van der Waals surface area contributed by atoms with Crippen LogP contribution in [0.1, 0.15) is 11.1 Å². The predicted molar refractivity (Wildman–Crippen MR) is 137 cm³/mol. The Labute approximate surface area is 229 Å². The van der Waals surface area contributed by atoms with E-state index in [-0.39, 0.29) is 12.8 Å². The Morgan fingerprint density at radius 2 is 1.48 bits per heavy atom. The molecule has 0 aliphatic heterocycles. The van der Waals surface area contributed by atoms with Crippen molar-refractivity contribution in [3.63, 3.8) is 0 Å². The summed E-state index contributed by atoms with van der Waals surface area (Å²) in [5.74, 6) is -3.89. The molecule has 0 amide bonds. The standard InChI is InChI=1S/C20H15F2I3O7S/c21-20(22,33(28,29)30)9-31-18(26)13-5-10-3-1-2-4-11(10)6-14(13)19(27)32-17-15(24)7-12(23)8-16(17)25/h1-4,7-8,13-14H,5-6,9H2,(H,28,29,30)/p-1. The van der Waals surface area contributed by atoms with Gasteiger partial charge in [-0.3, -0.25) is 9.59 Å². The van der Waals surface area contributed by atoms with Gasteiger partial charge < -0.3 is 14.0 Å². The van der Waals surface area contributed by atoms with E-state index in [1.807, 2.05) is 45.2 Å². The molecule has 2 aromatic rings. The fraction of sp³-hybridized carbons (Fsp3) is 0.300. The van der Waals surface area contributed by atoms with Gasteiger partial charge in [-0.15, -0.1) is 0 Å². The molecule has 0 N–H and O–H groups in total. The highest BCUT2D eigenvalue weighted by Crippen LogP contribution is 2.35. The fourth-order valence-electron chi connectivity index (χ4n) is 3.35. The number of hydrogen-bond acceptors (Lipinski definition) is 7. The second kappa shape index (κ2) is 10.5. The highest BCUT2D eigenvalue weighted by molar-refractivity contribution is 14.1. The molecule has 0 radical (unpaired) electrons. The number of alkyl halides is 2. The first kappa shape index (κ1) is 26.9. The van der Waals surface area contributed by atoms with Crippen molar-refractivity contribution in [2.75, 3.05) is 6.61 Å². The Balaban J connectivity index is 1.87. The molecule has 7 nitrogen and oxygen atoms in total. The van der Waals surface area contributed by atoms with E-state index in [9.17, 15) is 31.3 Å². The molecule has 1 aliphatic carbocycles. The van der Waals surface area contributed by atoms with Crippen molar-refractivity contribution in [2.24, 2.45) is 11.8 Å². The van der Waals surface area contributed by atoms with Gasteiger partial charge >= 0.3 is 17.2 Å². The Kier molecular flexibility index (Phi) is 8.60. The molecule has 0 saturated heterocycles. The number of carbonyl (C=O) groups is 2. The monoisotopic (exact) mass is 817 g/mol. The Bertz CT molecular complexity index is 1180. The number of halogens is 5. The summed E-state index contributed by atoms with van der Waals surface area (Å²) < 4.78 is 71.5. The van der Waals surface area contributed by atoms with Crippen LogP contribution in [0.4, 0.5) is 8.78 Å². The molecule has 13 heteroatoms. The van der Waals surface area contributed by atoms with Crippen molar-refractivity contribution in [3.05, 3.63) is 58.2 Å². The number of benzene rings is 2. The van der Waals surface area contributed by atoms with E-state index in [1.165, 1.54) is 0 Å². The Morgan fingerprint density at radius 1 is 1.00 bits per heavy atom. The zero-order chi connectivity index (χ0) is 24.6. The Morgan fingerprint density at radius 3 is 1.97 bits per heavy atom. The van der Waals surface area contributed by atoms with E-state index < -0.39 is 45.8 Å². The molecule has 178 valence electrons. The number of ether oxygens (including phenoxy) is 2. The second-order valence-electron chi connectivity index (χ2n) is 7.21. The Hall–Kier alpha value is -0.660. The molecule has 0 heterocycles. The maximum Gasteiger partial charge on any atom is 0.367 e. The third kappa shape index (κ3) is 6.32. The first-order chi connectivity index (χ1) is 15.3. The smallest absolute Gasteiger partial charge is 0.367 e. The van der Waals surface area contributed by atoms with Crippen molar-refractivity contribution in [2.45, 2.75) is 18.1 Å². The van der Waals surface area contributed by atoms with Gasteiger partial charge in [0.2, 0.25) is 0 Å². The molecule has 2 unspecified atom stereocenters. The molecular weight excluding hydrogens is 803 g/mol. The second-order valence-corrected chi connectivity index (χ2v) is 12.3. The van der Waals surface area contributed by atoms with Crippen LogP contribution in [0.2, 0.25) is 0 Å². The fourth-order valence-corrected chi connectivity index (χ4v) is 7.35. The van der Waals surface area contributed by atoms with Gasteiger partial charge in [-0.2, -0.15) is 8.78 Å². The molecule has 3 rings (SSSR count). The molecule has 2 atom stereocenters. The normalized spacial score (nSPS) is 18.4. The molecule has 33 heavy (non-hydrogen) atoms. The third-order valence-electron chi connectivity index (χ3n) is 5.00. The lowest BCUT2D eigenvalue weighted by atomic mass is 9.76. The lowest BCUT2D eigenvalue weighted by Crippen LogP contribution is -2.42. The number of hydrogen-bond donors (Lipinski definition) is 0. The van der Waals surface area contributed by atoms with Gasteiger partial charge in [-0.05, 0) is 104 Å².